The number of likely N-dealkylation sites (tertiary alicyclic amines) is 1. The second-order valence-electron chi connectivity index (χ2n) is 5.92. The van der Waals surface area contributed by atoms with Crippen LogP contribution in [0.5, 0.6) is 0 Å². The fourth-order valence-corrected chi connectivity index (χ4v) is 3.11. The van der Waals surface area contributed by atoms with E-state index < -0.39 is 0 Å². The molecule has 1 aliphatic rings. The van der Waals surface area contributed by atoms with Gasteiger partial charge in [-0.25, -0.2) is 0 Å². The summed E-state index contributed by atoms with van der Waals surface area (Å²) in [6, 6.07) is 9.39. The van der Waals surface area contributed by atoms with Gasteiger partial charge in [-0.15, -0.1) is 10.2 Å². The van der Waals surface area contributed by atoms with Crippen molar-refractivity contribution in [2.24, 2.45) is 13.0 Å². The van der Waals surface area contributed by atoms with E-state index in [1.54, 1.807) is 19.0 Å². The van der Waals surface area contributed by atoms with Crippen LogP contribution >= 0.6 is 0 Å². The molecule has 2 aromatic rings. The van der Waals surface area contributed by atoms with Gasteiger partial charge in [-0.2, -0.15) is 4.80 Å². The fraction of sp³-hybridized carbons (Fsp3) is 0.438. The van der Waals surface area contributed by atoms with Gasteiger partial charge in [-0.1, -0.05) is 30.3 Å². The second kappa shape index (κ2) is 6.77. The molecule has 1 fully saturated rings. The largest absolute Gasteiger partial charge is 0.348 e. The average Bonchev–Trinajstić information content (AvgIpc) is 3.01. The highest BCUT2D eigenvalue weighted by molar-refractivity contribution is 5.84. The fourth-order valence-electron chi connectivity index (χ4n) is 3.11. The summed E-state index contributed by atoms with van der Waals surface area (Å²) in [5.74, 6) is 0.119. The van der Waals surface area contributed by atoms with E-state index in [4.69, 9.17) is 0 Å². The molecule has 8 nitrogen and oxygen atoms in total. The molecule has 8 heteroatoms. The number of amides is 2. The minimum absolute atomic E-state index is 0.0588. The molecule has 1 saturated heterocycles. The summed E-state index contributed by atoms with van der Waals surface area (Å²) >= 11 is 0. The van der Waals surface area contributed by atoms with Crippen LogP contribution in [0.1, 0.15) is 30.3 Å². The molecule has 1 N–H and O–H groups in total. The highest BCUT2D eigenvalue weighted by Gasteiger charge is 2.38. The first-order valence-corrected chi connectivity index (χ1v) is 7.87. The Hall–Kier alpha value is -2.77. The zero-order chi connectivity index (χ0) is 17.1. The Morgan fingerprint density at radius 3 is 2.71 bits per heavy atom. The molecule has 0 saturated carbocycles. The number of nitrogens with one attached hydrogen (secondary N) is 1. The van der Waals surface area contributed by atoms with Gasteiger partial charge in [0.1, 0.15) is 0 Å². The SMILES string of the molecule is CN1C(=O)CC[C@@H](C(=O)NCc2nnn(C)n2)[C@@H]1c1ccccc1. The van der Waals surface area contributed by atoms with Gasteiger partial charge < -0.3 is 10.2 Å². The van der Waals surface area contributed by atoms with Gasteiger partial charge in [-0.05, 0) is 17.2 Å². The molecular formula is C16H20N6O2. The van der Waals surface area contributed by atoms with Crippen molar-refractivity contribution in [3.8, 4) is 0 Å². The number of tetrazole rings is 1. The topological polar surface area (TPSA) is 93.0 Å². The Bertz CT molecular complexity index is 729. The number of hydrogen-bond acceptors (Lipinski definition) is 5. The number of hydrogen-bond donors (Lipinski definition) is 1. The zero-order valence-electron chi connectivity index (χ0n) is 13.7. The number of carbonyl (C=O) groups is 2. The number of aryl methyl sites for hydroxylation is 1. The van der Waals surface area contributed by atoms with Gasteiger partial charge in [-0.3, -0.25) is 9.59 Å². The van der Waals surface area contributed by atoms with Crippen LogP contribution < -0.4 is 5.32 Å². The first-order chi connectivity index (χ1) is 11.6. The quantitative estimate of drug-likeness (QED) is 0.879. The Morgan fingerprint density at radius 2 is 2.04 bits per heavy atom. The normalized spacial score (nSPS) is 20.9. The molecule has 126 valence electrons. The zero-order valence-corrected chi connectivity index (χ0v) is 13.7. The minimum Gasteiger partial charge on any atom is -0.348 e. The van der Waals surface area contributed by atoms with E-state index in [1.807, 2.05) is 30.3 Å². The minimum atomic E-state index is -0.299. The average molecular weight is 328 g/mol. The van der Waals surface area contributed by atoms with Gasteiger partial charge in [0.25, 0.3) is 0 Å². The van der Waals surface area contributed by atoms with E-state index in [0.717, 1.165) is 5.56 Å². The van der Waals surface area contributed by atoms with E-state index in [0.29, 0.717) is 18.7 Å². The maximum absolute atomic E-state index is 12.7. The van der Waals surface area contributed by atoms with Crippen molar-refractivity contribution < 1.29 is 9.59 Å². The van der Waals surface area contributed by atoms with E-state index >= 15 is 0 Å². The first-order valence-electron chi connectivity index (χ1n) is 7.87. The molecule has 1 aliphatic heterocycles. The van der Waals surface area contributed by atoms with Crippen molar-refractivity contribution in [2.75, 3.05) is 7.05 Å². The number of rotatable bonds is 4. The molecule has 1 aromatic heterocycles. The Labute approximate surface area is 139 Å². The van der Waals surface area contributed by atoms with Crippen LogP contribution in [0.4, 0.5) is 0 Å². The molecule has 2 amide bonds. The van der Waals surface area contributed by atoms with Gasteiger partial charge in [0, 0.05) is 13.5 Å². The van der Waals surface area contributed by atoms with Gasteiger partial charge in [0.15, 0.2) is 5.82 Å². The summed E-state index contributed by atoms with van der Waals surface area (Å²) in [6.07, 6.45) is 0.907. The van der Waals surface area contributed by atoms with Crippen LogP contribution in [0.3, 0.4) is 0 Å². The van der Waals surface area contributed by atoms with Crippen molar-refractivity contribution in [1.82, 2.24) is 30.4 Å². The molecule has 24 heavy (non-hydrogen) atoms. The summed E-state index contributed by atoms with van der Waals surface area (Å²) < 4.78 is 0. The van der Waals surface area contributed by atoms with Gasteiger partial charge in [0.05, 0.1) is 25.6 Å². The summed E-state index contributed by atoms with van der Waals surface area (Å²) in [6.45, 7) is 0.225. The monoisotopic (exact) mass is 328 g/mol. The third-order valence-corrected chi connectivity index (χ3v) is 4.31. The third-order valence-electron chi connectivity index (χ3n) is 4.31. The lowest BCUT2D eigenvalue weighted by molar-refractivity contribution is -0.141. The highest BCUT2D eigenvalue weighted by Crippen LogP contribution is 2.35. The first kappa shape index (κ1) is 16.1. The van der Waals surface area contributed by atoms with Crippen molar-refractivity contribution in [1.29, 1.82) is 0 Å². The van der Waals surface area contributed by atoms with Crippen LogP contribution in [-0.2, 0) is 23.2 Å². The number of nitrogens with zero attached hydrogens (tertiary/aromatic N) is 5. The Balaban J connectivity index is 1.76. The van der Waals surface area contributed by atoms with Crippen molar-refractivity contribution in [2.45, 2.75) is 25.4 Å². The van der Waals surface area contributed by atoms with Crippen LogP contribution in [0.2, 0.25) is 0 Å². The maximum atomic E-state index is 12.7. The molecule has 0 radical (unpaired) electrons. The molecule has 0 aliphatic carbocycles. The summed E-state index contributed by atoms with van der Waals surface area (Å²) in [5.41, 5.74) is 0.964. The smallest absolute Gasteiger partial charge is 0.225 e. The predicted octanol–water partition coefficient (Wildman–Crippen LogP) is 0.436. The van der Waals surface area contributed by atoms with Crippen molar-refractivity contribution in [3.63, 3.8) is 0 Å². The molecule has 3 rings (SSSR count). The lowest BCUT2D eigenvalue weighted by atomic mass is 9.84. The van der Waals surface area contributed by atoms with Crippen LogP contribution in [-0.4, -0.2) is 44.0 Å². The number of carbonyl (C=O) groups excluding carboxylic acids is 2. The van der Waals surface area contributed by atoms with Gasteiger partial charge >= 0.3 is 0 Å². The predicted molar refractivity (Wildman–Crippen MR) is 85.3 cm³/mol. The molecule has 2 heterocycles. The summed E-state index contributed by atoms with van der Waals surface area (Å²) in [4.78, 5) is 27.8. The summed E-state index contributed by atoms with van der Waals surface area (Å²) in [5, 5.41) is 14.5. The van der Waals surface area contributed by atoms with E-state index in [1.165, 1.54) is 4.80 Å². The summed E-state index contributed by atoms with van der Waals surface area (Å²) in [7, 11) is 3.43. The highest BCUT2D eigenvalue weighted by atomic mass is 16.2. The molecule has 0 unspecified atom stereocenters. The molecule has 0 spiro atoms. The standard InChI is InChI=1S/C16H20N6O2/c1-21-14(23)9-8-12(15(21)11-6-4-3-5-7-11)16(24)17-10-13-18-20-22(2)19-13/h3-7,12,15H,8-10H2,1-2H3,(H,17,24)/t12-,15+/m1/s1. The Morgan fingerprint density at radius 1 is 1.29 bits per heavy atom. The van der Waals surface area contributed by atoms with Crippen LogP contribution in [0.25, 0.3) is 0 Å². The van der Waals surface area contributed by atoms with E-state index in [2.05, 4.69) is 20.7 Å². The van der Waals surface area contributed by atoms with E-state index in [-0.39, 0.29) is 30.3 Å². The van der Waals surface area contributed by atoms with Crippen molar-refractivity contribution in [3.05, 3.63) is 41.7 Å². The van der Waals surface area contributed by atoms with Crippen LogP contribution in [0.15, 0.2) is 30.3 Å². The molecule has 1 aromatic carbocycles. The molecule has 0 bridgehead atoms. The van der Waals surface area contributed by atoms with E-state index in [9.17, 15) is 9.59 Å². The van der Waals surface area contributed by atoms with Crippen molar-refractivity contribution >= 4 is 11.8 Å². The number of piperidine rings is 1. The lowest BCUT2D eigenvalue weighted by Crippen LogP contribution is -2.46. The van der Waals surface area contributed by atoms with Gasteiger partial charge in [0.2, 0.25) is 11.8 Å². The van der Waals surface area contributed by atoms with Crippen LogP contribution in [0, 0.1) is 5.92 Å². The maximum Gasteiger partial charge on any atom is 0.225 e. The third kappa shape index (κ3) is 3.27. The number of aromatic nitrogens is 4. The Kier molecular flexibility index (Phi) is 4.54. The molecular weight excluding hydrogens is 308 g/mol. The lowest BCUT2D eigenvalue weighted by Gasteiger charge is -2.38. The second-order valence-corrected chi connectivity index (χ2v) is 5.92. The number of benzene rings is 1. The molecule has 2 atom stereocenters.